The molecule has 1 fully saturated rings. The molecule has 0 bridgehead atoms. The molecule has 2 unspecified atom stereocenters. The number of Topliss-reactive ketones (excluding diaryl/α,β-unsaturated/α-hetero) is 1. The number of hydrogen-bond donors (Lipinski definition) is 1. The molecule has 1 aliphatic heterocycles. The third-order valence-electron chi connectivity index (χ3n) is 3.52. The highest BCUT2D eigenvalue weighted by atomic mass is 79.9. The number of thioether (sulfide) groups is 1. The molecule has 0 aromatic heterocycles. The van der Waals surface area contributed by atoms with Gasteiger partial charge in [-0.3, -0.25) is 9.59 Å². The Kier molecular flexibility index (Phi) is 5.58. The molecule has 0 spiro atoms. The molecule has 1 saturated heterocycles. The summed E-state index contributed by atoms with van der Waals surface area (Å²) < 4.78 is 1.41. The molecule has 1 heterocycles. The van der Waals surface area contributed by atoms with Crippen LogP contribution >= 0.6 is 39.9 Å². The summed E-state index contributed by atoms with van der Waals surface area (Å²) in [5, 5.41) is 9.40. The van der Waals surface area contributed by atoms with Crippen molar-refractivity contribution in [2.75, 3.05) is 0 Å². The van der Waals surface area contributed by atoms with Crippen LogP contribution in [0.1, 0.15) is 19.4 Å². The van der Waals surface area contributed by atoms with Crippen molar-refractivity contribution in [2.24, 2.45) is 17.8 Å². The van der Waals surface area contributed by atoms with Gasteiger partial charge in [0.25, 0.3) is 0 Å². The summed E-state index contributed by atoms with van der Waals surface area (Å²) in [7, 11) is 0. The lowest BCUT2D eigenvalue weighted by Crippen LogP contribution is -2.34. The molecule has 1 aliphatic rings. The van der Waals surface area contributed by atoms with Gasteiger partial charge < -0.3 is 5.11 Å². The number of ketones is 1. The fourth-order valence-electron chi connectivity index (χ4n) is 2.42. The van der Waals surface area contributed by atoms with Crippen molar-refractivity contribution < 1.29 is 14.7 Å². The van der Waals surface area contributed by atoms with E-state index < -0.39 is 17.8 Å². The maximum absolute atomic E-state index is 12.6. The Balaban J connectivity index is 2.32. The third-order valence-corrected chi connectivity index (χ3v) is 5.55. The SMILES string of the molecule is CC(C)C(C(=O)O)C1C(=O)C(=Cc2ccc(Br)cc2)SC1=S. The molecule has 1 N–H and O–H groups in total. The Morgan fingerprint density at radius 3 is 2.45 bits per heavy atom. The average Bonchev–Trinajstić information content (AvgIpc) is 2.69. The number of carbonyl (C=O) groups is 2. The van der Waals surface area contributed by atoms with Crippen molar-refractivity contribution in [1.29, 1.82) is 0 Å². The topological polar surface area (TPSA) is 54.4 Å². The standard InChI is InChI=1S/C16H15BrO3S2/c1-8(2)12(15(19)20)13-14(18)11(22-16(13)21)7-9-3-5-10(17)6-4-9/h3-8,12-13H,1-2H3,(H,19,20). The molecule has 0 saturated carbocycles. The van der Waals surface area contributed by atoms with Crippen LogP contribution in [0.4, 0.5) is 0 Å². The minimum absolute atomic E-state index is 0.156. The van der Waals surface area contributed by atoms with Crippen molar-refractivity contribution in [3.05, 3.63) is 39.2 Å². The summed E-state index contributed by atoms with van der Waals surface area (Å²) in [5.41, 5.74) is 0.888. The highest BCUT2D eigenvalue weighted by Crippen LogP contribution is 2.41. The minimum atomic E-state index is -0.971. The summed E-state index contributed by atoms with van der Waals surface area (Å²) in [6.45, 7) is 3.60. The lowest BCUT2D eigenvalue weighted by Gasteiger charge is -2.20. The van der Waals surface area contributed by atoms with Crippen LogP contribution in [0, 0.1) is 17.8 Å². The highest BCUT2D eigenvalue weighted by molar-refractivity contribution is 9.10. The molecule has 6 heteroatoms. The normalized spacial score (nSPS) is 21.6. The molecule has 0 radical (unpaired) electrons. The van der Waals surface area contributed by atoms with Gasteiger partial charge in [0, 0.05) is 4.47 Å². The summed E-state index contributed by atoms with van der Waals surface area (Å²) in [5.74, 6) is -2.81. The third kappa shape index (κ3) is 3.67. The average molecular weight is 399 g/mol. The molecule has 2 rings (SSSR count). The molecular formula is C16H15BrO3S2. The van der Waals surface area contributed by atoms with E-state index >= 15 is 0 Å². The van der Waals surface area contributed by atoms with Crippen molar-refractivity contribution in [1.82, 2.24) is 0 Å². The van der Waals surface area contributed by atoms with E-state index in [0.29, 0.717) is 9.10 Å². The van der Waals surface area contributed by atoms with E-state index in [0.717, 1.165) is 10.0 Å². The lowest BCUT2D eigenvalue weighted by molar-refractivity contribution is -0.146. The minimum Gasteiger partial charge on any atom is -0.481 e. The number of thiocarbonyl (C=S) groups is 1. The van der Waals surface area contributed by atoms with E-state index in [-0.39, 0.29) is 11.7 Å². The quantitative estimate of drug-likeness (QED) is 0.601. The summed E-state index contributed by atoms with van der Waals surface area (Å²) in [6.07, 6.45) is 1.77. The maximum Gasteiger partial charge on any atom is 0.307 e. The zero-order valence-electron chi connectivity index (χ0n) is 12.1. The van der Waals surface area contributed by atoms with Crippen LogP contribution in [0.25, 0.3) is 6.08 Å². The van der Waals surface area contributed by atoms with Crippen molar-refractivity contribution >= 4 is 61.9 Å². The molecule has 22 heavy (non-hydrogen) atoms. The Morgan fingerprint density at radius 1 is 1.36 bits per heavy atom. The van der Waals surface area contributed by atoms with Crippen LogP contribution < -0.4 is 0 Å². The first kappa shape index (κ1) is 17.4. The maximum atomic E-state index is 12.6. The summed E-state index contributed by atoms with van der Waals surface area (Å²) in [4.78, 5) is 24.6. The lowest BCUT2D eigenvalue weighted by atomic mass is 9.82. The second-order valence-electron chi connectivity index (χ2n) is 5.43. The summed E-state index contributed by atoms with van der Waals surface area (Å²) in [6, 6.07) is 7.55. The number of benzene rings is 1. The largest absolute Gasteiger partial charge is 0.481 e. The number of aliphatic carboxylic acids is 1. The predicted octanol–water partition coefficient (Wildman–Crippen LogP) is 4.41. The zero-order valence-corrected chi connectivity index (χ0v) is 15.3. The van der Waals surface area contributed by atoms with Crippen molar-refractivity contribution in [3.63, 3.8) is 0 Å². The van der Waals surface area contributed by atoms with Gasteiger partial charge in [0.2, 0.25) is 0 Å². The van der Waals surface area contributed by atoms with Gasteiger partial charge in [-0.2, -0.15) is 0 Å². The fraction of sp³-hybridized carbons (Fsp3) is 0.312. The van der Waals surface area contributed by atoms with Gasteiger partial charge >= 0.3 is 5.97 Å². The van der Waals surface area contributed by atoms with Crippen LogP contribution in [-0.2, 0) is 9.59 Å². The number of allylic oxidation sites excluding steroid dienone is 1. The summed E-state index contributed by atoms with van der Waals surface area (Å²) >= 11 is 9.85. The van der Waals surface area contributed by atoms with Crippen LogP contribution in [0.3, 0.4) is 0 Å². The van der Waals surface area contributed by atoms with Gasteiger partial charge in [0.05, 0.1) is 20.9 Å². The van der Waals surface area contributed by atoms with E-state index in [1.165, 1.54) is 11.8 Å². The fourth-order valence-corrected chi connectivity index (χ4v) is 4.22. The number of halogens is 1. The van der Waals surface area contributed by atoms with Crippen LogP contribution in [0.5, 0.6) is 0 Å². The van der Waals surface area contributed by atoms with Crippen LogP contribution in [0.15, 0.2) is 33.6 Å². The predicted molar refractivity (Wildman–Crippen MR) is 96.8 cm³/mol. The second-order valence-corrected chi connectivity index (χ2v) is 8.13. The van der Waals surface area contributed by atoms with Gasteiger partial charge in [-0.15, -0.1) is 0 Å². The molecule has 1 aromatic rings. The number of carbonyl (C=O) groups excluding carboxylic acids is 1. The number of rotatable bonds is 4. The molecule has 1 aromatic carbocycles. The monoisotopic (exact) mass is 398 g/mol. The molecular weight excluding hydrogens is 384 g/mol. The first-order valence-electron chi connectivity index (χ1n) is 6.77. The van der Waals surface area contributed by atoms with Gasteiger partial charge in [0.15, 0.2) is 5.78 Å². The van der Waals surface area contributed by atoms with Crippen molar-refractivity contribution in [3.8, 4) is 0 Å². The molecule has 0 amide bonds. The molecule has 116 valence electrons. The van der Waals surface area contributed by atoms with Crippen molar-refractivity contribution in [2.45, 2.75) is 13.8 Å². The van der Waals surface area contributed by atoms with Gasteiger partial charge in [-0.25, -0.2) is 0 Å². The molecule has 3 nitrogen and oxygen atoms in total. The first-order valence-corrected chi connectivity index (χ1v) is 8.79. The number of carboxylic acid groups (broad SMARTS) is 1. The number of carboxylic acids is 1. The van der Waals surface area contributed by atoms with Gasteiger partial charge in [-0.1, -0.05) is 65.9 Å². The Hall–Kier alpha value is -0.980. The van der Waals surface area contributed by atoms with E-state index in [4.69, 9.17) is 12.2 Å². The molecule has 0 aliphatic carbocycles. The van der Waals surface area contributed by atoms with E-state index in [9.17, 15) is 14.7 Å². The molecule has 2 atom stereocenters. The van der Waals surface area contributed by atoms with Gasteiger partial charge in [-0.05, 0) is 29.7 Å². The Morgan fingerprint density at radius 2 is 1.95 bits per heavy atom. The highest BCUT2D eigenvalue weighted by Gasteiger charge is 2.44. The van der Waals surface area contributed by atoms with Gasteiger partial charge in [0.1, 0.15) is 0 Å². The zero-order chi connectivity index (χ0) is 16.4. The Labute approximate surface area is 147 Å². The first-order chi connectivity index (χ1) is 10.3. The number of hydrogen-bond acceptors (Lipinski definition) is 4. The Bertz CT molecular complexity index is 650. The van der Waals surface area contributed by atoms with E-state index in [2.05, 4.69) is 15.9 Å². The van der Waals surface area contributed by atoms with E-state index in [1.807, 2.05) is 24.3 Å². The smallest absolute Gasteiger partial charge is 0.307 e. The van der Waals surface area contributed by atoms with Crippen LogP contribution in [-0.4, -0.2) is 21.1 Å². The second kappa shape index (κ2) is 7.06. The van der Waals surface area contributed by atoms with E-state index in [1.54, 1.807) is 19.9 Å². The van der Waals surface area contributed by atoms with Crippen LogP contribution in [0.2, 0.25) is 0 Å².